The Morgan fingerprint density at radius 3 is 2.67 bits per heavy atom. The van der Waals surface area contributed by atoms with Gasteiger partial charge in [0.15, 0.2) is 0 Å². The topological polar surface area (TPSA) is 32.3 Å². The van der Waals surface area contributed by atoms with E-state index in [-0.39, 0.29) is 18.0 Å². The van der Waals surface area contributed by atoms with Crippen LogP contribution in [0.5, 0.6) is 0 Å². The van der Waals surface area contributed by atoms with Crippen LogP contribution in [0.25, 0.3) is 0 Å². The minimum atomic E-state index is -0.264. The molecule has 0 unspecified atom stereocenters. The molecule has 0 bridgehead atoms. The van der Waals surface area contributed by atoms with E-state index in [4.69, 9.17) is 0 Å². The lowest BCUT2D eigenvalue weighted by atomic mass is 9.76. The van der Waals surface area contributed by atoms with Crippen molar-refractivity contribution < 1.29 is 9.50 Å². The van der Waals surface area contributed by atoms with Crippen LogP contribution in [0.4, 0.5) is 10.1 Å². The fourth-order valence-electron chi connectivity index (χ4n) is 2.83. The molecule has 1 fully saturated rings. The molecule has 1 aliphatic carbocycles. The van der Waals surface area contributed by atoms with E-state index in [1.807, 2.05) is 6.07 Å². The van der Waals surface area contributed by atoms with Crippen LogP contribution in [0.2, 0.25) is 0 Å². The van der Waals surface area contributed by atoms with Gasteiger partial charge >= 0.3 is 0 Å². The van der Waals surface area contributed by atoms with Crippen molar-refractivity contribution in [3.05, 3.63) is 30.1 Å². The molecule has 0 radical (unpaired) electrons. The standard InChI is InChI=1S/C15H22FNO/c1-2-12-6-8-15(11-18,9-7-12)17-14-5-3-4-13(16)10-14/h3-5,10,12,17-18H,2,6-9,11H2,1H3. The first-order valence-corrected chi connectivity index (χ1v) is 6.82. The molecule has 100 valence electrons. The van der Waals surface area contributed by atoms with Crippen molar-refractivity contribution in [3.8, 4) is 0 Å². The number of hydrogen-bond acceptors (Lipinski definition) is 2. The third-order valence-electron chi connectivity index (χ3n) is 4.18. The molecular weight excluding hydrogens is 229 g/mol. The molecule has 1 aliphatic rings. The van der Waals surface area contributed by atoms with Gasteiger partial charge in [0.2, 0.25) is 0 Å². The van der Waals surface area contributed by atoms with Gasteiger partial charge < -0.3 is 10.4 Å². The summed E-state index contributed by atoms with van der Waals surface area (Å²) in [5, 5.41) is 13.0. The van der Waals surface area contributed by atoms with Crippen molar-refractivity contribution in [2.24, 2.45) is 5.92 Å². The maximum atomic E-state index is 13.2. The summed E-state index contributed by atoms with van der Waals surface area (Å²) < 4.78 is 13.2. The minimum absolute atomic E-state index is 0.111. The molecule has 0 spiro atoms. The van der Waals surface area contributed by atoms with E-state index in [2.05, 4.69) is 12.2 Å². The zero-order chi connectivity index (χ0) is 13.0. The van der Waals surface area contributed by atoms with Crippen LogP contribution >= 0.6 is 0 Å². The summed E-state index contributed by atoms with van der Waals surface area (Å²) in [5.41, 5.74) is 0.499. The molecule has 3 heteroatoms. The largest absolute Gasteiger partial charge is 0.394 e. The highest BCUT2D eigenvalue weighted by Crippen LogP contribution is 2.35. The van der Waals surface area contributed by atoms with Gasteiger partial charge in [-0.2, -0.15) is 0 Å². The average Bonchev–Trinajstić information content (AvgIpc) is 2.39. The first-order chi connectivity index (χ1) is 8.67. The van der Waals surface area contributed by atoms with E-state index in [9.17, 15) is 9.50 Å². The lowest BCUT2D eigenvalue weighted by Gasteiger charge is -2.40. The lowest BCUT2D eigenvalue weighted by molar-refractivity contribution is 0.150. The van der Waals surface area contributed by atoms with Crippen LogP contribution in [-0.2, 0) is 0 Å². The van der Waals surface area contributed by atoms with Gasteiger partial charge in [-0.25, -0.2) is 4.39 Å². The first kappa shape index (κ1) is 13.3. The summed E-state index contributed by atoms with van der Waals surface area (Å²) in [4.78, 5) is 0. The molecule has 0 atom stereocenters. The van der Waals surface area contributed by atoms with Crippen molar-refractivity contribution in [3.63, 3.8) is 0 Å². The van der Waals surface area contributed by atoms with Gasteiger partial charge in [-0.15, -0.1) is 0 Å². The zero-order valence-corrected chi connectivity index (χ0v) is 11.0. The van der Waals surface area contributed by atoms with E-state index in [0.29, 0.717) is 0 Å². The van der Waals surface area contributed by atoms with Crippen LogP contribution in [0.1, 0.15) is 39.0 Å². The Hall–Kier alpha value is -1.09. The number of benzene rings is 1. The number of hydrogen-bond donors (Lipinski definition) is 2. The molecule has 2 nitrogen and oxygen atoms in total. The quantitative estimate of drug-likeness (QED) is 0.857. The SMILES string of the molecule is CCC1CCC(CO)(Nc2cccc(F)c2)CC1. The second kappa shape index (κ2) is 5.70. The summed E-state index contributed by atoms with van der Waals surface area (Å²) >= 11 is 0. The highest BCUT2D eigenvalue weighted by Gasteiger charge is 2.34. The van der Waals surface area contributed by atoms with Crippen molar-refractivity contribution in [2.45, 2.75) is 44.6 Å². The number of nitrogens with one attached hydrogen (secondary N) is 1. The molecule has 2 rings (SSSR count). The molecule has 0 aromatic heterocycles. The van der Waals surface area contributed by atoms with E-state index in [0.717, 1.165) is 37.3 Å². The summed E-state index contributed by atoms with van der Waals surface area (Å²) in [6, 6.07) is 6.47. The normalized spacial score (nSPS) is 28.1. The maximum absolute atomic E-state index is 13.2. The second-order valence-electron chi connectivity index (χ2n) is 5.43. The summed E-state index contributed by atoms with van der Waals surface area (Å²) in [6.45, 7) is 2.33. The van der Waals surface area contributed by atoms with Gasteiger partial charge in [0.05, 0.1) is 12.1 Å². The Labute approximate surface area is 108 Å². The van der Waals surface area contributed by atoms with E-state index < -0.39 is 0 Å². The predicted molar refractivity (Wildman–Crippen MR) is 72.1 cm³/mol. The first-order valence-electron chi connectivity index (χ1n) is 6.82. The van der Waals surface area contributed by atoms with Gasteiger partial charge in [0, 0.05) is 5.69 Å². The summed E-state index contributed by atoms with van der Waals surface area (Å²) in [7, 11) is 0. The monoisotopic (exact) mass is 251 g/mol. The summed E-state index contributed by atoms with van der Waals surface area (Å²) in [6.07, 6.45) is 5.40. The Morgan fingerprint density at radius 1 is 1.39 bits per heavy atom. The van der Waals surface area contributed by atoms with Gasteiger partial charge in [-0.3, -0.25) is 0 Å². The maximum Gasteiger partial charge on any atom is 0.125 e. The van der Waals surface area contributed by atoms with E-state index in [1.54, 1.807) is 6.07 Å². The Kier molecular flexibility index (Phi) is 4.23. The number of anilines is 1. The molecule has 1 saturated carbocycles. The molecular formula is C15H22FNO. The van der Waals surface area contributed by atoms with Crippen molar-refractivity contribution >= 4 is 5.69 Å². The molecule has 1 aromatic rings. The molecule has 0 aliphatic heterocycles. The summed E-state index contributed by atoms with van der Waals surface area (Å²) in [5.74, 6) is 0.536. The number of rotatable bonds is 4. The Morgan fingerprint density at radius 2 is 2.11 bits per heavy atom. The van der Waals surface area contributed by atoms with Crippen LogP contribution in [-0.4, -0.2) is 17.3 Å². The third kappa shape index (κ3) is 3.02. The molecule has 1 aromatic carbocycles. The van der Waals surface area contributed by atoms with E-state index in [1.165, 1.54) is 18.6 Å². The van der Waals surface area contributed by atoms with E-state index >= 15 is 0 Å². The Bertz CT molecular complexity index is 386. The number of aliphatic hydroxyl groups is 1. The average molecular weight is 251 g/mol. The highest BCUT2D eigenvalue weighted by molar-refractivity contribution is 5.46. The molecule has 0 heterocycles. The molecule has 0 saturated heterocycles. The fourth-order valence-corrected chi connectivity index (χ4v) is 2.83. The highest BCUT2D eigenvalue weighted by atomic mass is 19.1. The molecule has 18 heavy (non-hydrogen) atoms. The fraction of sp³-hybridized carbons (Fsp3) is 0.600. The molecule has 0 amide bonds. The van der Waals surface area contributed by atoms with Gasteiger partial charge in [0.25, 0.3) is 0 Å². The number of halogens is 1. The van der Waals surface area contributed by atoms with Gasteiger partial charge in [0.1, 0.15) is 5.82 Å². The van der Waals surface area contributed by atoms with Crippen LogP contribution in [0.3, 0.4) is 0 Å². The smallest absolute Gasteiger partial charge is 0.125 e. The van der Waals surface area contributed by atoms with Crippen molar-refractivity contribution in [1.29, 1.82) is 0 Å². The second-order valence-corrected chi connectivity index (χ2v) is 5.43. The van der Waals surface area contributed by atoms with Gasteiger partial charge in [-0.1, -0.05) is 19.4 Å². The van der Waals surface area contributed by atoms with Crippen LogP contribution in [0.15, 0.2) is 24.3 Å². The number of aliphatic hydroxyl groups excluding tert-OH is 1. The van der Waals surface area contributed by atoms with Crippen molar-refractivity contribution in [2.75, 3.05) is 11.9 Å². The van der Waals surface area contributed by atoms with Crippen LogP contribution in [0, 0.1) is 11.7 Å². The van der Waals surface area contributed by atoms with Crippen LogP contribution < -0.4 is 5.32 Å². The third-order valence-corrected chi connectivity index (χ3v) is 4.18. The Balaban J connectivity index is 2.05. The zero-order valence-electron chi connectivity index (χ0n) is 11.0. The van der Waals surface area contributed by atoms with Crippen molar-refractivity contribution in [1.82, 2.24) is 0 Å². The predicted octanol–water partition coefficient (Wildman–Crippen LogP) is 3.57. The minimum Gasteiger partial charge on any atom is -0.394 e. The molecule has 2 N–H and O–H groups in total. The lowest BCUT2D eigenvalue weighted by Crippen LogP contribution is -2.45. The van der Waals surface area contributed by atoms with Gasteiger partial charge in [-0.05, 0) is 49.8 Å².